The third kappa shape index (κ3) is 5.32. The van der Waals surface area contributed by atoms with Crippen LogP contribution in [-0.2, 0) is 21.4 Å². The van der Waals surface area contributed by atoms with Crippen molar-refractivity contribution in [3.63, 3.8) is 0 Å². The molecule has 0 radical (unpaired) electrons. The van der Waals surface area contributed by atoms with Crippen molar-refractivity contribution in [3.05, 3.63) is 76.4 Å². The zero-order valence-electron chi connectivity index (χ0n) is 17.1. The van der Waals surface area contributed by atoms with Crippen molar-refractivity contribution < 1.29 is 13.2 Å². The summed E-state index contributed by atoms with van der Waals surface area (Å²) in [7, 11) is -3.60. The fraction of sp³-hybridized carbons (Fsp3) is 0.273. The van der Waals surface area contributed by atoms with Gasteiger partial charge >= 0.3 is 0 Å². The first-order valence-electron chi connectivity index (χ1n) is 10.2. The van der Waals surface area contributed by atoms with Crippen LogP contribution < -0.4 is 5.32 Å². The standard InChI is InChI=1S/C22H22Cl2N4O3S/c23-18-3-1-16(2-4-18)15-27-12-11-21(26-27)25-22(29)17-9-13-28(14-10-17)32(30,31)20-7-5-19(24)6-8-20/h1-8,11-12,17H,9-10,13-15H2,(H,25,26,29). The molecule has 0 saturated carbocycles. The Kier molecular flexibility index (Phi) is 6.85. The van der Waals surface area contributed by atoms with E-state index in [1.807, 2.05) is 24.3 Å². The van der Waals surface area contributed by atoms with Crippen LogP contribution in [0.1, 0.15) is 18.4 Å². The molecule has 1 amide bonds. The zero-order chi connectivity index (χ0) is 22.7. The Morgan fingerprint density at radius 1 is 0.969 bits per heavy atom. The highest BCUT2D eigenvalue weighted by Gasteiger charge is 2.32. The van der Waals surface area contributed by atoms with Crippen molar-refractivity contribution in [1.29, 1.82) is 0 Å². The molecule has 168 valence electrons. The molecule has 4 rings (SSSR count). The van der Waals surface area contributed by atoms with Crippen molar-refractivity contribution in [2.24, 2.45) is 5.92 Å². The molecule has 1 aromatic heterocycles. The summed E-state index contributed by atoms with van der Waals surface area (Å²) in [6, 6.07) is 15.3. The molecule has 0 atom stereocenters. The summed E-state index contributed by atoms with van der Waals surface area (Å²) in [5.41, 5.74) is 1.05. The SMILES string of the molecule is O=C(Nc1ccn(Cc2ccc(Cl)cc2)n1)C1CCN(S(=O)(=O)c2ccc(Cl)cc2)CC1. The molecule has 7 nitrogen and oxygen atoms in total. The van der Waals surface area contributed by atoms with Crippen LogP contribution in [0.3, 0.4) is 0 Å². The van der Waals surface area contributed by atoms with Crippen LogP contribution in [0, 0.1) is 5.92 Å². The lowest BCUT2D eigenvalue weighted by atomic mass is 9.97. The summed E-state index contributed by atoms with van der Waals surface area (Å²) in [4.78, 5) is 12.9. The zero-order valence-corrected chi connectivity index (χ0v) is 19.4. The van der Waals surface area contributed by atoms with E-state index in [4.69, 9.17) is 23.2 Å². The molecule has 1 aliphatic heterocycles. The molecule has 3 aromatic rings. The minimum Gasteiger partial charge on any atom is -0.309 e. The molecule has 32 heavy (non-hydrogen) atoms. The van der Waals surface area contributed by atoms with Gasteiger partial charge in [0.1, 0.15) is 0 Å². The Bertz CT molecular complexity index is 1190. The number of hydrogen-bond donors (Lipinski definition) is 1. The first-order valence-corrected chi connectivity index (χ1v) is 12.4. The predicted molar refractivity (Wildman–Crippen MR) is 124 cm³/mol. The summed E-state index contributed by atoms with van der Waals surface area (Å²) < 4.78 is 28.8. The molecule has 1 saturated heterocycles. The average Bonchev–Trinajstić information content (AvgIpc) is 3.22. The first kappa shape index (κ1) is 22.8. The van der Waals surface area contributed by atoms with E-state index in [1.54, 1.807) is 29.1 Å². The van der Waals surface area contributed by atoms with Gasteiger partial charge in [-0.15, -0.1) is 0 Å². The number of sulfonamides is 1. The van der Waals surface area contributed by atoms with E-state index in [9.17, 15) is 13.2 Å². The van der Waals surface area contributed by atoms with Gasteiger partial charge in [0.05, 0.1) is 11.4 Å². The molecule has 1 aliphatic rings. The number of carbonyl (C=O) groups excluding carboxylic acids is 1. The third-order valence-electron chi connectivity index (χ3n) is 5.43. The molecule has 0 bridgehead atoms. The van der Waals surface area contributed by atoms with Gasteiger partial charge in [-0.3, -0.25) is 9.48 Å². The Labute approximate surface area is 197 Å². The number of benzene rings is 2. The lowest BCUT2D eigenvalue weighted by molar-refractivity contribution is -0.120. The molecule has 0 unspecified atom stereocenters. The monoisotopic (exact) mass is 492 g/mol. The Morgan fingerprint density at radius 2 is 1.56 bits per heavy atom. The molecular formula is C22H22Cl2N4O3S. The van der Waals surface area contributed by atoms with Crippen molar-refractivity contribution in [3.8, 4) is 0 Å². The van der Waals surface area contributed by atoms with Crippen LogP contribution in [0.15, 0.2) is 65.7 Å². The van der Waals surface area contributed by atoms with E-state index in [0.29, 0.717) is 35.2 Å². The largest absolute Gasteiger partial charge is 0.309 e. The molecule has 0 aliphatic carbocycles. The highest BCUT2D eigenvalue weighted by Crippen LogP contribution is 2.25. The number of halogens is 2. The topological polar surface area (TPSA) is 84.3 Å². The van der Waals surface area contributed by atoms with Gasteiger partial charge in [0.25, 0.3) is 0 Å². The predicted octanol–water partition coefficient (Wildman–Crippen LogP) is 4.28. The number of aromatic nitrogens is 2. The highest BCUT2D eigenvalue weighted by atomic mass is 35.5. The van der Waals surface area contributed by atoms with Crippen LogP contribution in [0.2, 0.25) is 10.0 Å². The van der Waals surface area contributed by atoms with Crippen LogP contribution in [0.4, 0.5) is 5.82 Å². The summed E-state index contributed by atoms with van der Waals surface area (Å²) in [5.74, 6) is 0.0542. The Hall–Kier alpha value is -2.39. The summed E-state index contributed by atoms with van der Waals surface area (Å²) in [6.45, 7) is 1.14. The summed E-state index contributed by atoms with van der Waals surface area (Å²) >= 11 is 11.8. The van der Waals surface area contributed by atoms with E-state index < -0.39 is 10.0 Å². The van der Waals surface area contributed by atoms with Gasteiger partial charge in [0, 0.05) is 41.3 Å². The van der Waals surface area contributed by atoms with Gasteiger partial charge < -0.3 is 5.32 Å². The van der Waals surface area contributed by atoms with E-state index in [-0.39, 0.29) is 29.8 Å². The Morgan fingerprint density at radius 3 is 2.19 bits per heavy atom. The maximum atomic E-state index is 12.8. The van der Waals surface area contributed by atoms with Crippen molar-refractivity contribution in [1.82, 2.24) is 14.1 Å². The van der Waals surface area contributed by atoms with E-state index in [2.05, 4.69) is 10.4 Å². The third-order valence-corrected chi connectivity index (χ3v) is 7.84. The second-order valence-electron chi connectivity index (χ2n) is 7.65. The van der Waals surface area contributed by atoms with Crippen LogP contribution >= 0.6 is 23.2 Å². The van der Waals surface area contributed by atoms with Crippen molar-refractivity contribution >= 4 is 45.0 Å². The summed E-state index contributed by atoms with van der Waals surface area (Å²) in [6.07, 6.45) is 2.69. The number of piperidine rings is 1. The second kappa shape index (κ2) is 9.62. The molecule has 2 aromatic carbocycles. The van der Waals surface area contributed by atoms with Crippen LogP contribution in [0.25, 0.3) is 0 Å². The lowest BCUT2D eigenvalue weighted by Gasteiger charge is -2.30. The first-order chi connectivity index (χ1) is 15.3. The number of anilines is 1. The molecule has 10 heteroatoms. The van der Waals surface area contributed by atoms with E-state index >= 15 is 0 Å². The summed E-state index contributed by atoms with van der Waals surface area (Å²) in [5, 5.41) is 8.40. The second-order valence-corrected chi connectivity index (χ2v) is 10.5. The number of carbonyl (C=O) groups is 1. The minimum absolute atomic E-state index is 0.148. The van der Waals surface area contributed by atoms with Crippen molar-refractivity contribution in [2.75, 3.05) is 18.4 Å². The minimum atomic E-state index is -3.60. The van der Waals surface area contributed by atoms with Crippen LogP contribution in [0.5, 0.6) is 0 Å². The van der Waals surface area contributed by atoms with Crippen LogP contribution in [-0.4, -0.2) is 41.5 Å². The molecule has 0 spiro atoms. The molecule has 1 fully saturated rings. The molecule has 1 N–H and O–H groups in total. The maximum Gasteiger partial charge on any atom is 0.243 e. The van der Waals surface area contributed by atoms with Gasteiger partial charge in [0.2, 0.25) is 15.9 Å². The van der Waals surface area contributed by atoms with Gasteiger partial charge in [-0.25, -0.2) is 8.42 Å². The van der Waals surface area contributed by atoms with Gasteiger partial charge in [-0.1, -0.05) is 35.3 Å². The maximum absolute atomic E-state index is 12.8. The average molecular weight is 493 g/mol. The van der Waals surface area contributed by atoms with E-state index in [1.165, 1.54) is 16.4 Å². The number of nitrogens with one attached hydrogen (secondary N) is 1. The van der Waals surface area contributed by atoms with Gasteiger partial charge in [-0.05, 0) is 54.8 Å². The number of rotatable bonds is 6. The normalized spacial score (nSPS) is 15.6. The van der Waals surface area contributed by atoms with Gasteiger partial charge in [0.15, 0.2) is 5.82 Å². The Balaban J connectivity index is 1.31. The smallest absolute Gasteiger partial charge is 0.243 e. The molecular weight excluding hydrogens is 471 g/mol. The molecule has 2 heterocycles. The van der Waals surface area contributed by atoms with Gasteiger partial charge in [-0.2, -0.15) is 9.40 Å². The fourth-order valence-electron chi connectivity index (χ4n) is 3.64. The number of hydrogen-bond acceptors (Lipinski definition) is 4. The highest BCUT2D eigenvalue weighted by molar-refractivity contribution is 7.89. The number of nitrogens with zero attached hydrogens (tertiary/aromatic N) is 3. The van der Waals surface area contributed by atoms with E-state index in [0.717, 1.165) is 5.56 Å². The quantitative estimate of drug-likeness (QED) is 0.556. The fourth-order valence-corrected chi connectivity index (χ4v) is 5.36. The lowest BCUT2D eigenvalue weighted by Crippen LogP contribution is -2.41. The van der Waals surface area contributed by atoms with Crippen molar-refractivity contribution in [2.45, 2.75) is 24.3 Å². The number of amides is 1.